The van der Waals surface area contributed by atoms with E-state index >= 15 is 0 Å². The van der Waals surface area contributed by atoms with Crippen LogP contribution >= 0.6 is 0 Å². The molecule has 1 saturated heterocycles. The summed E-state index contributed by atoms with van der Waals surface area (Å²) in [5.74, 6) is -58.6. The van der Waals surface area contributed by atoms with Crippen LogP contribution in [-0.2, 0) is 29.2 Å². The number of alkyl halides is 17. The van der Waals surface area contributed by atoms with Gasteiger partial charge in [-0.15, -0.1) is 0 Å². The molecule has 378 valence electrons. The minimum Gasteiger partial charge on any atom is -0.480 e. The molecule has 1 aliphatic heterocycles. The zero-order chi connectivity index (χ0) is 49.6. The summed E-state index contributed by atoms with van der Waals surface area (Å²) >= 11 is 0. The van der Waals surface area contributed by atoms with Crippen molar-refractivity contribution in [2.24, 2.45) is 0 Å². The number of sulfonamides is 1. The first kappa shape index (κ1) is 61.7. The van der Waals surface area contributed by atoms with Gasteiger partial charge in [0.15, 0.2) is 0 Å². The third-order valence-electron chi connectivity index (χ3n) is 9.04. The largest absolute Gasteiger partial charge is 0.480 e. The summed E-state index contributed by atoms with van der Waals surface area (Å²) in [5.41, 5.74) is 0. The molecule has 1 heterocycles. The van der Waals surface area contributed by atoms with E-state index < -0.39 is 137 Å². The molecule has 1 atom stereocenters. The van der Waals surface area contributed by atoms with Crippen molar-refractivity contribution in [3.05, 3.63) is 0 Å². The molecule has 0 saturated carbocycles. The van der Waals surface area contributed by atoms with E-state index in [-0.39, 0.29) is 92.3 Å². The van der Waals surface area contributed by atoms with Gasteiger partial charge >= 0.3 is 64.9 Å². The molecule has 0 spiro atoms. The van der Waals surface area contributed by atoms with Crippen LogP contribution in [0.2, 0.25) is 0 Å². The van der Waals surface area contributed by atoms with Crippen LogP contribution < -0.4 is 5.32 Å². The zero-order valence-corrected chi connectivity index (χ0v) is 35.4. The number of hydrogen-bond donors (Lipinski definition) is 5. The molecule has 35 heteroatoms. The molecule has 64 heavy (non-hydrogen) atoms. The number of aliphatic hydroxyl groups is 1. The van der Waals surface area contributed by atoms with Crippen molar-refractivity contribution >= 4 is 33.8 Å². The number of likely N-dealkylation sites (N-methyl/N-ethyl adjacent to an activating group) is 1. The Morgan fingerprint density at radius 1 is 0.562 bits per heavy atom. The van der Waals surface area contributed by atoms with Crippen molar-refractivity contribution in [3.63, 3.8) is 0 Å². The Morgan fingerprint density at radius 3 is 1.16 bits per heavy atom. The van der Waals surface area contributed by atoms with E-state index in [0.29, 0.717) is 6.92 Å². The average Bonchev–Trinajstić information content (AvgIpc) is 3.12. The molecule has 16 nitrogen and oxygen atoms in total. The summed E-state index contributed by atoms with van der Waals surface area (Å²) in [5, 5.41) is 32.2. The quantitative estimate of drug-likeness (QED) is 0.103. The fourth-order valence-corrected chi connectivity index (χ4v) is 6.86. The van der Waals surface area contributed by atoms with Gasteiger partial charge in [0.1, 0.15) is 0 Å². The Morgan fingerprint density at radius 2 is 0.859 bits per heavy atom. The number of nitrogens with zero attached hydrogens (tertiary/aromatic N) is 5. The van der Waals surface area contributed by atoms with E-state index in [1.165, 1.54) is 19.6 Å². The number of halogens is 17. The summed E-state index contributed by atoms with van der Waals surface area (Å²) in [7, 11) is -7.78. The molecule has 0 aromatic heterocycles. The molecule has 0 radical (unpaired) electrons. The second-order valence-electron chi connectivity index (χ2n) is 13.7. The van der Waals surface area contributed by atoms with E-state index in [9.17, 15) is 123 Å². The van der Waals surface area contributed by atoms with E-state index in [1.54, 1.807) is 5.32 Å². The van der Waals surface area contributed by atoms with Crippen molar-refractivity contribution in [2.75, 3.05) is 98.2 Å². The van der Waals surface area contributed by atoms with E-state index in [0.717, 1.165) is 0 Å². The van der Waals surface area contributed by atoms with Gasteiger partial charge in [0.2, 0.25) is 5.91 Å². The topological polar surface area (TPSA) is 212 Å². The molecule has 5 N–H and O–H groups in total. The van der Waals surface area contributed by atoms with Gasteiger partial charge in [-0.25, -0.2) is 8.42 Å². The van der Waals surface area contributed by atoms with E-state index in [4.69, 9.17) is 0 Å². The van der Waals surface area contributed by atoms with Crippen LogP contribution in [0.15, 0.2) is 0 Å². The number of β-amino-alcohol motifs (C(OH)–C–C–N with tert-alkyl or cyclic N) is 1. The number of hydrogen-bond acceptors (Lipinski definition) is 11. The molecule has 0 aliphatic carbocycles. The third kappa shape index (κ3) is 13.7. The predicted octanol–water partition coefficient (Wildman–Crippen LogP) is 1.56. The van der Waals surface area contributed by atoms with Crippen LogP contribution in [-0.4, -0.2) is 228 Å². The number of aliphatic carboxylic acids is 3. The monoisotopic (exact) mass is 1140 g/mol. The normalized spacial score (nSPS) is 18.1. The van der Waals surface area contributed by atoms with Gasteiger partial charge in [0.05, 0.1) is 32.3 Å². The van der Waals surface area contributed by atoms with Crippen LogP contribution in [0.25, 0.3) is 0 Å². The maximum absolute atomic E-state index is 14.8. The van der Waals surface area contributed by atoms with Crippen molar-refractivity contribution < 1.29 is 163 Å². The number of amides is 1. The number of carbonyl (C=O) groups excluding carboxylic acids is 1. The standard InChI is InChI=1S/C29H39F17N6O10S.Gd/c1-2-52(63(61,62)29(45,46)27(40,41)25(36,37)23(32,33)22(30,31)24(34,35)26(38,39)28(42,43)44)13-18(54)47-11-17(53)12-48-3-5-49(14-19(55)56)7-9-51(16-21(59)60)10-8-50(6-4-48)15-20(57)58;/h17,53H,2-16H2,1H3,(H,47,54)(H,55,56)(H,57,58)(H,59,60);. The number of aliphatic hydroxyl groups excluding tert-OH is 1. The summed E-state index contributed by atoms with van der Waals surface area (Å²) in [4.78, 5) is 52.1. The molecule has 0 aromatic rings. The molecular formula is C29H39F17GdN6O10S. The SMILES string of the molecule is CCN(CC(=O)NCC(O)CN1CCN(CC(=O)O)CCN(CC(=O)O)CCN(CC(=O)O)CC1)S(=O)(=O)C(F)(F)C(F)(F)C(F)(F)C(F)(F)C(F)(F)C(F)(F)C(F)(F)C(F)(F)F.[Gd]. The fourth-order valence-electron chi connectivity index (χ4n) is 5.46. The molecule has 1 aliphatic rings. The summed E-state index contributed by atoms with van der Waals surface area (Å²) in [6, 6.07) is 0. The van der Waals surface area contributed by atoms with E-state index in [1.807, 2.05) is 0 Å². The minimum absolute atomic E-state index is 0. The van der Waals surface area contributed by atoms with Crippen molar-refractivity contribution in [3.8, 4) is 0 Å². The van der Waals surface area contributed by atoms with Gasteiger partial charge in [0, 0.05) is 112 Å². The summed E-state index contributed by atoms with van der Waals surface area (Å²) < 4.78 is 257. The van der Waals surface area contributed by atoms with Gasteiger partial charge in [0.25, 0.3) is 10.0 Å². The minimum atomic E-state index is -9.04. The Balaban J connectivity index is 0.0000397. The summed E-state index contributed by atoms with van der Waals surface area (Å²) in [6.45, 7) is -7.31. The predicted molar refractivity (Wildman–Crippen MR) is 175 cm³/mol. The van der Waals surface area contributed by atoms with Crippen LogP contribution in [0.4, 0.5) is 74.6 Å². The van der Waals surface area contributed by atoms with Gasteiger partial charge in [-0.3, -0.25) is 38.8 Å². The van der Waals surface area contributed by atoms with Gasteiger partial charge in [-0.05, 0) is 0 Å². The van der Waals surface area contributed by atoms with Crippen LogP contribution in [0.1, 0.15) is 6.92 Å². The maximum atomic E-state index is 14.8. The smallest absolute Gasteiger partial charge is 0.460 e. The molecule has 0 bridgehead atoms. The second-order valence-corrected chi connectivity index (χ2v) is 15.6. The number of carbonyl (C=O) groups is 4. The van der Waals surface area contributed by atoms with Crippen LogP contribution in [0.3, 0.4) is 0 Å². The van der Waals surface area contributed by atoms with Gasteiger partial charge in [-0.1, -0.05) is 6.92 Å². The molecule has 1 fully saturated rings. The third-order valence-corrected chi connectivity index (χ3v) is 11.0. The molecular weight excluding hydrogens is 1100 g/mol. The molecule has 1 rings (SSSR count). The molecule has 1 unspecified atom stereocenters. The molecule has 1 amide bonds. The number of carboxylic acid groups (broad SMARTS) is 3. The fraction of sp³-hybridized carbons (Fsp3) is 0.862. The zero-order valence-electron chi connectivity index (χ0n) is 32.3. The Kier molecular flexibility index (Phi) is 21.9. The first-order chi connectivity index (χ1) is 28.2. The number of rotatable bonds is 21. The first-order valence-corrected chi connectivity index (χ1v) is 18.8. The van der Waals surface area contributed by atoms with E-state index in [2.05, 4.69) is 0 Å². The number of carboxylic acids is 3. The molecule has 0 aromatic carbocycles. The Labute approximate surface area is 382 Å². The maximum Gasteiger partial charge on any atom is 0.460 e. The van der Waals surface area contributed by atoms with Crippen molar-refractivity contribution in [2.45, 2.75) is 60.0 Å². The Bertz CT molecular complexity index is 1690. The van der Waals surface area contributed by atoms with Gasteiger partial charge < -0.3 is 25.7 Å². The average molecular weight is 1140 g/mol. The van der Waals surface area contributed by atoms with Crippen molar-refractivity contribution in [1.29, 1.82) is 0 Å². The summed E-state index contributed by atoms with van der Waals surface area (Å²) in [6.07, 6.45) is -9.78. The van der Waals surface area contributed by atoms with Crippen LogP contribution in [0, 0.1) is 39.9 Å². The van der Waals surface area contributed by atoms with Crippen molar-refractivity contribution in [1.82, 2.24) is 29.2 Å². The second kappa shape index (κ2) is 22.7. The van der Waals surface area contributed by atoms with Gasteiger partial charge in [-0.2, -0.15) is 78.9 Å². The Hall–Kier alpha value is -2.28. The first-order valence-electron chi connectivity index (χ1n) is 17.4. The van der Waals surface area contributed by atoms with Crippen LogP contribution in [0.5, 0.6) is 0 Å². The number of nitrogens with one attached hydrogen (secondary N) is 1.